The average molecular weight is 260 g/mol. The summed E-state index contributed by atoms with van der Waals surface area (Å²) in [5, 5.41) is 11.0. The van der Waals surface area contributed by atoms with Crippen LogP contribution in [0, 0.1) is 0 Å². The van der Waals surface area contributed by atoms with E-state index in [1.54, 1.807) is 6.07 Å². The second-order valence-electron chi connectivity index (χ2n) is 2.57. The summed E-state index contributed by atoms with van der Waals surface area (Å²) in [4.78, 5) is 15.2. The van der Waals surface area contributed by atoms with Crippen molar-refractivity contribution >= 4 is 27.7 Å². The van der Waals surface area contributed by atoms with Crippen LogP contribution >= 0.6 is 15.9 Å². The Morgan fingerprint density at radius 3 is 3.07 bits per heavy atom. The molecule has 14 heavy (non-hydrogen) atoms. The highest BCUT2D eigenvalue weighted by molar-refractivity contribution is 9.10. The van der Waals surface area contributed by atoms with Crippen LogP contribution in [0.25, 0.3) is 0 Å². The Morgan fingerprint density at radius 2 is 2.43 bits per heavy atom. The number of hydrogen-bond donors (Lipinski definition) is 3. The van der Waals surface area contributed by atoms with Crippen molar-refractivity contribution in [2.24, 2.45) is 0 Å². The van der Waals surface area contributed by atoms with Crippen molar-refractivity contribution in [3.8, 4) is 0 Å². The van der Waals surface area contributed by atoms with Gasteiger partial charge >= 0.3 is 0 Å². The maximum Gasteiger partial charge on any atom is 0.255 e. The van der Waals surface area contributed by atoms with E-state index in [1.807, 2.05) is 0 Å². The van der Waals surface area contributed by atoms with Gasteiger partial charge in [0.1, 0.15) is 5.82 Å². The van der Waals surface area contributed by atoms with Crippen LogP contribution in [0.15, 0.2) is 16.7 Å². The molecule has 0 aliphatic rings. The number of aliphatic hydroxyl groups is 1. The molecule has 1 rings (SSSR count). The van der Waals surface area contributed by atoms with E-state index in [4.69, 9.17) is 10.8 Å². The van der Waals surface area contributed by atoms with Gasteiger partial charge in [-0.05, 0) is 22.0 Å². The molecule has 0 bridgehead atoms. The maximum absolute atomic E-state index is 11.4. The molecule has 6 heteroatoms. The Labute approximate surface area is 89.5 Å². The van der Waals surface area contributed by atoms with Gasteiger partial charge in [-0.3, -0.25) is 4.79 Å². The second kappa shape index (κ2) is 4.92. The number of nitrogens with one attached hydrogen (secondary N) is 1. The smallest absolute Gasteiger partial charge is 0.255 e. The zero-order valence-corrected chi connectivity index (χ0v) is 8.91. The SMILES string of the molecule is Nc1ncc(Br)cc1C(=O)NCCO. The third kappa shape index (κ3) is 2.68. The Kier molecular flexibility index (Phi) is 3.84. The molecule has 1 amide bonds. The number of carbonyl (C=O) groups excluding carboxylic acids is 1. The summed E-state index contributed by atoms with van der Waals surface area (Å²) < 4.78 is 0.681. The zero-order chi connectivity index (χ0) is 10.6. The van der Waals surface area contributed by atoms with Gasteiger partial charge in [0.25, 0.3) is 5.91 Å². The molecule has 0 unspecified atom stereocenters. The minimum absolute atomic E-state index is 0.104. The fraction of sp³-hybridized carbons (Fsp3) is 0.250. The van der Waals surface area contributed by atoms with Crippen LogP contribution in [0.1, 0.15) is 10.4 Å². The molecular weight excluding hydrogens is 250 g/mol. The van der Waals surface area contributed by atoms with Crippen LogP contribution in [0.4, 0.5) is 5.82 Å². The van der Waals surface area contributed by atoms with Gasteiger partial charge in [0.15, 0.2) is 0 Å². The number of nitrogens with zero attached hydrogens (tertiary/aromatic N) is 1. The number of anilines is 1. The maximum atomic E-state index is 11.4. The summed E-state index contributed by atoms with van der Waals surface area (Å²) in [6.07, 6.45) is 1.51. The monoisotopic (exact) mass is 259 g/mol. The first-order valence-corrected chi connectivity index (χ1v) is 4.74. The second-order valence-corrected chi connectivity index (χ2v) is 3.48. The standard InChI is InChI=1S/C8H10BrN3O2/c9-5-3-6(7(10)12-4-5)8(14)11-1-2-13/h3-4,13H,1-2H2,(H2,10,12)(H,11,14). The molecule has 0 aromatic carbocycles. The van der Waals surface area contributed by atoms with Crippen LogP contribution in [-0.2, 0) is 0 Å². The Bertz CT molecular complexity index is 343. The predicted octanol–water partition coefficient (Wildman–Crippen LogP) is 0.148. The molecule has 0 spiro atoms. The molecule has 1 aromatic heterocycles. The first kappa shape index (κ1) is 10.9. The van der Waals surface area contributed by atoms with Crippen molar-refractivity contribution in [2.75, 3.05) is 18.9 Å². The number of nitrogen functional groups attached to an aromatic ring is 1. The minimum atomic E-state index is -0.342. The van der Waals surface area contributed by atoms with E-state index in [0.29, 0.717) is 10.0 Å². The Hall–Kier alpha value is -1.14. The number of hydrogen-bond acceptors (Lipinski definition) is 4. The molecule has 0 saturated heterocycles. The molecule has 0 aliphatic carbocycles. The van der Waals surface area contributed by atoms with Crippen LogP contribution in [0.2, 0.25) is 0 Å². The van der Waals surface area contributed by atoms with Crippen LogP contribution < -0.4 is 11.1 Å². The topological polar surface area (TPSA) is 88.2 Å². The van der Waals surface area contributed by atoms with Gasteiger partial charge in [-0.2, -0.15) is 0 Å². The number of aliphatic hydroxyl groups excluding tert-OH is 1. The van der Waals surface area contributed by atoms with Gasteiger partial charge < -0.3 is 16.2 Å². The molecular formula is C8H10BrN3O2. The quantitative estimate of drug-likeness (QED) is 0.721. The van der Waals surface area contributed by atoms with Gasteiger partial charge in [-0.25, -0.2) is 4.98 Å². The van der Waals surface area contributed by atoms with E-state index < -0.39 is 0 Å². The molecule has 1 heterocycles. The lowest BCUT2D eigenvalue weighted by Gasteiger charge is -2.05. The number of halogens is 1. The zero-order valence-electron chi connectivity index (χ0n) is 7.33. The van der Waals surface area contributed by atoms with E-state index in [2.05, 4.69) is 26.2 Å². The third-order valence-corrected chi connectivity index (χ3v) is 1.96. The molecule has 4 N–H and O–H groups in total. The van der Waals surface area contributed by atoms with Gasteiger partial charge in [0, 0.05) is 17.2 Å². The molecule has 76 valence electrons. The van der Waals surface area contributed by atoms with Crippen molar-refractivity contribution in [3.63, 3.8) is 0 Å². The Morgan fingerprint density at radius 1 is 1.71 bits per heavy atom. The summed E-state index contributed by atoms with van der Waals surface area (Å²) in [7, 11) is 0. The van der Waals surface area contributed by atoms with Crippen molar-refractivity contribution in [1.29, 1.82) is 0 Å². The lowest BCUT2D eigenvalue weighted by molar-refractivity contribution is 0.0945. The molecule has 0 aliphatic heterocycles. The predicted molar refractivity (Wildman–Crippen MR) is 55.8 cm³/mol. The van der Waals surface area contributed by atoms with Crippen molar-refractivity contribution in [2.45, 2.75) is 0 Å². The van der Waals surface area contributed by atoms with Crippen LogP contribution in [0.3, 0.4) is 0 Å². The molecule has 0 radical (unpaired) electrons. The number of pyridine rings is 1. The van der Waals surface area contributed by atoms with Crippen LogP contribution in [0.5, 0.6) is 0 Å². The first-order valence-electron chi connectivity index (χ1n) is 3.95. The lowest BCUT2D eigenvalue weighted by Crippen LogP contribution is -2.27. The highest BCUT2D eigenvalue weighted by atomic mass is 79.9. The normalized spacial score (nSPS) is 9.86. The van der Waals surface area contributed by atoms with Crippen molar-refractivity contribution in [1.82, 2.24) is 10.3 Å². The molecule has 1 aromatic rings. The fourth-order valence-corrected chi connectivity index (χ4v) is 1.23. The summed E-state index contributed by atoms with van der Waals surface area (Å²) >= 11 is 3.19. The largest absolute Gasteiger partial charge is 0.395 e. The molecule has 0 saturated carbocycles. The number of carbonyl (C=O) groups is 1. The van der Waals surface area contributed by atoms with Gasteiger partial charge in [0.2, 0.25) is 0 Å². The number of nitrogens with two attached hydrogens (primary N) is 1. The highest BCUT2D eigenvalue weighted by Crippen LogP contribution is 2.14. The average Bonchev–Trinajstić information content (AvgIpc) is 2.18. The number of aromatic nitrogens is 1. The summed E-state index contributed by atoms with van der Waals surface area (Å²) in [6.45, 7) is 0.0951. The van der Waals surface area contributed by atoms with Gasteiger partial charge in [-0.15, -0.1) is 0 Å². The lowest BCUT2D eigenvalue weighted by atomic mass is 10.2. The van der Waals surface area contributed by atoms with Crippen molar-refractivity contribution < 1.29 is 9.90 Å². The fourth-order valence-electron chi connectivity index (χ4n) is 0.896. The molecule has 5 nitrogen and oxygen atoms in total. The number of rotatable bonds is 3. The summed E-state index contributed by atoms with van der Waals surface area (Å²) in [5.74, 6) is -0.172. The third-order valence-electron chi connectivity index (χ3n) is 1.53. The van der Waals surface area contributed by atoms with E-state index in [-0.39, 0.29) is 24.9 Å². The van der Waals surface area contributed by atoms with E-state index >= 15 is 0 Å². The minimum Gasteiger partial charge on any atom is -0.395 e. The van der Waals surface area contributed by atoms with Crippen LogP contribution in [-0.4, -0.2) is 29.1 Å². The van der Waals surface area contributed by atoms with Crippen molar-refractivity contribution in [3.05, 3.63) is 22.3 Å². The summed E-state index contributed by atoms with van der Waals surface area (Å²) in [6, 6.07) is 1.58. The number of amides is 1. The molecule has 0 atom stereocenters. The molecule has 0 fully saturated rings. The van der Waals surface area contributed by atoms with Gasteiger partial charge in [-0.1, -0.05) is 0 Å². The first-order chi connectivity index (χ1) is 6.65. The summed E-state index contributed by atoms with van der Waals surface area (Å²) in [5.41, 5.74) is 5.81. The Balaban J connectivity index is 2.83. The highest BCUT2D eigenvalue weighted by Gasteiger charge is 2.10. The van der Waals surface area contributed by atoms with E-state index in [1.165, 1.54) is 6.20 Å². The van der Waals surface area contributed by atoms with E-state index in [9.17, 15) is 4.79 Å². The van der Waals surface area contributed by atoms with Gasteiger partial charge in [0.05, 0.1) is 12.2 Å². The van der Waals surface area contributed by atoms with E-state index in [0.717, 1.165) is 0 Å².